The first kappa shape index (κ1) is 12.2. The number of hydrogen-bond donors (Lipinski definition) is 1. The van der Waals surface area contributed by atoms with Gasteiger partial charge in [-0.15, -0.1) is 0 Å². The van der Waals surface area contributed by atoms with Crippen LogP contribution in [0.5, 0.6) is 0 Å². The maximum absolute atomic E-state index is 12.1. The molecule has 2 aromatic heterocycles. The Morgan fingerprint density at radius 1 is 1.05 bits per heavy atom. The van der Waals surface area contributed by atoms with E-state index in [1.165, 1.54) is 0 Å². The molecule has 0 fully saturated rings. The lowest BCUT2D eigenvalue weighted by atomic mass is 10.2. The molecule has 0 atom stereocenters. The molecule has 0 bridgehead atoms. The summed E-state index contributed by atoms with van der Waals surface area (Å²) in [6.45, 7) is 0. The van der Waals surface area contributed by atoms with Gasteiger partial charge in [0.15, 0.2) is 5.82 Å². The molecule has 100 valence electrons. The zero-order valence-electron chi connectivity index (χ0n) is 11.0. The van der Waals surface area contributed by atoms with E-state index in [1.807, 2.05) is 48.3 Å². The molecule has 0 aliphatic rings. The molecule has 5 nitrogen and oxygen atoms in total. The van der Waals surface area contributed by atoms with E-state index in [0.29, 0.717) is 11.4 Å². The molecule has 0 saturated carbocycles. The van der Waals surface area contributed by atoms with Gasteiger partial charge in [0.25, 0.3) is 5.91 Å². The highest BCUT2D eigenvalue weighted by atomic mass is 16.1. The lowest BCUT2D eigenvalue weighted by molar-refractivity contribution is 0.102. The summed E-state index contributed by atoms with van der Waals surface area (Å²) >= 11 is 0. The fraction of sp³-hybridized carbons (Fsp3) is 0.0667. The smallest absolute Gasteiger partial charge is 0.256 e. The Hall–Kier alpha value is -2.82. The Morgan fingerprint density at radius 2 is 1.75 bits per heavy atom. The van der Waals surface area contributed by atoms with Crippen molar-refractivity contribution in [3.05, 3.63) is 66.6 Å². The first-order valence-corrected chi connectivity index (χ1v) is 6.27. The number of nitrogens with one attached hydrogen (secondary N) is 1. The summed E-state index contributed by atoms with van der Waals surface area (Å²) in [4.78, 5) is 12.1. The van der Waals surface area contributed by atoms with Gasteiger partial charge in [-0.05, 0) is 36.4 Å². The molecule has 3 rings (SSSR count). The van der Waals surface area contributed by atoms with Crippen molar-refractivity contribution < 1.29 is 4.79 Å². The SMILES string of the molecule is Cn1ccc(NC(=O)c2ccc(-n3cccc3)cc2)n1. The van der Waals surface area contributed by atoms with E-state index in [1.54, 1.807) is 29.1 Å². The average Bonchev–Trinajstić information content (AvgIpc) is 3.11. The topological polar surface area (TPSA) is 51.9 Å². The summed E-state index contributed by atoms with van der Waals surface area (Å²) in [5.41, 5.74) is 1.62. The maximum Gasteiger partial charge on any atom is 0.256 e. The minimum absolute atomic E-state index is 0.164. The van der Waals surface area contributed by atoms with Gasteiger partial charge >= 0.3 is 0 Å². The number of carbonyl (C=O) groups is 1. The molecular weight excluding hydrogens is 252 g/mol. The monoisotopic (exact) mass is 266 g/mol. The van der Waals surface area contributed by atoms with Crippen molar-refractivity contribution >= 4 is 11.7 Å². The van der Waals surface area contributed by atoms with Gasteiger partial charge < -0.3 is 9.88 Å². The number of benzene rings is 1. The Bertz CT molecular complexity index is 711. The lowest BCUT2D eigenvalue weighted by Gasteiger charge is -2.05. The molecular formula is C15H14N4O. The van der Waals surface area contributed by atoms with Crippen LogP contribution in [0.3, 0.4) is 0 Å². The number of nitrogens with zero attached hydrogens (tertiary/aromatic N) is 3. The molecule has 0 radical (unpaired) electrons. The third-order valence-electron chi connectivity index (χ3n) is 2.99. The number of rotatable bonds is 3. The van der Waals surface area contributed by atoms with Crippen molar-refractivity contribution in [2.24, 2.45) is 7.05 Å². The minimum Gasteiger partial charge on any atom is -0.324 e. The van der Waals surface area contributed by atoms with E-state index >= 15 is 0 Å². The van der Waals surface area contributed by atoms with Crippen LogP contribution in [0.1, 0.15) is 10.4 Å². The van der Waals surface area contributed by atoms with E-state index < -0.39 is 0 Å². The van der Waals surface area contributed by atoms with Crippen molar-refractivity contribution in [1.29, 1.82) is 0 Å². The van der Waals surface area contributed by atoms with Gasteiger partial charge in [-0.3, -0.25) is 9.48 Å². The van der Waals surface area contributed by atoms with Gasteiger partial charge in [0.05, 0.1) is 0 Å². The second-order valence-corrected chi connectivity index (χ2v) is 4.47. The van der Waals surface area contributed by atoms with E-state index in [9.17, 15) is 4.79 Å². The van der Waals surface area contributed by atoms with Crippen LogP contribution in [-0.4, -0.2) is 20.3 Å². The van der Waals surface area contributed by atoms with Crippen molar-refractivity contribution in [3.8, 4) is 5.69 Å². The molecule has 0 spiro atoms. The molecule has 1 amide bonds. The fourth-order valence-electron chi connectivity index (χ4n) is 1.96. The normalized spacial score (nSPS) is 10.4. The van der Waals surface area contributed by atoms with Gasteiger partial charge in [-0.2, -0.15) is 5.10 Å². The third kappa shape index (κ3) is 2.47. The summed E-state index contributed by atoms with van der Waals surface area (Å²) in [6.07, 6.45) is 5.71. The standard InChI is InChI=1S/C15H14N4O/c1-18-11-8-14(17-18)16-15(20)12-4-6-13(7-5-12)19-9-2-3-10-19/h2-11H,1H3,(H,16,17,20). The van der Waals surface area contributed by atoms with Crippen molar-refractivity contribution in [2.45, 2.75) is 0 Å². The van der Waals surface area contributed by atoms with Gasteiger partial charge in [0.1, 0.15) is 0 Å². The van der Waals surface area contributed by atoms with Crippen molar-refractivity contribution in [3.63, 3.8) is 0 Å². The molecule has 0 aliphatic heterocycles. The third-order valence-corrected chi connectivity index (χ3v) is 2.99. The molecule has 1 N–H and O–H groups in total. The van der Waals surface area contributed by atoms with Crippen LogP contribution in [-0.2, 0) is 7.05 Å². The lowest BCUT2D eigenvalue weighted by Crippen LogP contribution is -2.12. The zero-order valence-corrected chi connectivity index (χ0v) is 11.0. The number of aromatic nitrogens is 3. The molecule has 5 heteroatoms. The van der Waals surface area contributed by atoms with Crippen LogP contribution in [0.2, 0.25) is 0 Å². The first-order chi connectivity index (χ1) is 9.72. The minimum atomic E-state index is -0.164. The summed E-state index contributed by atoms with van der Waals surface area (Å²) in [7, 11) is 1.81. The number of anilines is 1. The number of hydrogen-bond acceptors (Lipinski definition) is 2. The number of amides is 1. The second kappa shape index (κ2) is 5.05. The highest BCUT2D eigenvalue weighted by molar-refractivity contribution is 6.03. The number of aryl methyl sites for hydroxylation is 1. The molecule has 0 aliphatic carbocycles. The highest BCUT2D eigenvalue weighted by Crippen LogP contribution is 2.11. The van der Waals surface area contributed by atoms with Crippen LogP contribution < -0.4 is 5.32 Å². The zero-order chi connectivity index (χ0) is 13.9. The summed E-state index contributed by atoms with van der Waals surface area (Å²) in [5.74, 6) is 0.384. The number of carbonyl (C=O) groups excluding carboxylic acids is 1. The quantitative estimate of drug-likeness (QED) is 0.791. The van der Waals surface area contributed by atoms with E-state index in [0.717, 1.165) is 5.69 Å². The van der Waals surface area contributed by atoms with Crippen LogP contribution >= 0.6 is 0 Å². The highest BCUT2D eigenvalue weighted by Gasteiger charge is 2.07. The maximum atomic E-state index is 12.1. The predicted molar refractivity (Wildman–Crippen MR) is 76.9 cm³/mol. The second-order valence-electron chi connectivity index (χ2n) is 4.47. The Kier molecular flexibility index (Phi) is 3.09. The van der Waals surface area contributed by atoms with Crippen LogP contribution in [0.4, 0.5) is 5.82 Å². The summed E-state index contributed by atoms with van der Waals surface area (Å²) in [5, 5.41) is 6.87. The van der Waals surface area contributed by atoms with Crippen molar-refractivity contribution in [1.82, 2.24) is 14.3 Å². The van der Waals surface area contributed by atoms with Crippen molar-refractivity contribution in [2.75, 3.05) is 5.32 Å². The predicted octanol–water partition coefficient (Wildman–Crippen LogP) is 2.46. The molecule has 3 aromatic rings. The average molecular weight is 266 g/mol. The Balaban J connectivity index is 1.75. The van der Waals surface area contributed by atoms with Crippen LogP contribution in [0, 0.1) is 0 Å². The molecule has 2 heterocycles. The summed E-state index contributed by atoms with van der Waals surface area (Å²) < 4.78 is 3.63. The summed E-state index contributed by atoms with van der Waals surface area (Å²) in [6, 6.07) is 13.1. The van der Waals surface area contributed by atoms with Crippen LogP contribution in [0.25, 0.3) is 5.69 Å². The van der Waals surface area contributed by atoms with Crippen LogP contribution in [0.15, 0.2) is 61.1 Å². The Labute approximate surface area is 116 Å². The van der Waals surface area contributed by atoms with Gasteiger partial charge in [-0.1, -0.05) is 0 Å². The van der Waals surface area contributed by atoms with Gasteiger partial charge in [-0.25, -0.2) is 0 Å². The van der Waals surface area contributed by atoms with E-state index in [4.69, 9.17) is 0 Å². The van der Waals surface area contributed by atoms with E-state index in [2.05, 4.69) is 10.4 Å². The molecule has 1 aromatic carbocycles. The molecule has 0 saturated heterocycles. The Morgan fingerprint density at radius 3 is 2.35 bits per heavy atom. The largest absolute Gasteiger partial charge is 0.324 e. The fourth-order valence-corrected chi connectivity index (χ4v) is 1.96. The molecule has 0 unspecified atom stereocenters. The van der Waals surface area contributed by atoms with Gasteiger partial charge in [0.2, 0.25) is 0 Å². The molecule has 20 heavy (non-hydrogen) atoms. The van der Waals surface area contributed by atoms with Gasteiger partial charge in [0, 0.05) is 43.0 Å². The first-order valence-electron chi connectivity index (χ1n) is 6.27. The van der Waals surface area contributed by atoms with E-state index in [-0.39, 0.29) is 5.91 Å².